The summed E-state index contributed by atoms with van der Waals surface area (Å²) in [5, 5.41) is 57.1. The van der Waals surface area contributed by atoms with Crippen LogP contribution in [0.25, 0.3) is 0 Å². The van der Waals surface area contributed by atoms with E-state index >= 15 is 0 Å². The Balaban J connectivity index is 2.57. The molecule has 11 nitrogen and oxygen atoms in total. The Morgan fingerprint density at radius 3 is 1.28 bits per heavy atom. The van der Waals surface area contributed by atoms with Crippen molar-refractivity contribution in [1.29, 1.82) is 0 Å². The van der Waals surface area contributed by atoms with Crippen LogP contribution in [0, 0.1) is 0 Å². The van der Waals surface area contributed by atoms with E-state index < -0.39 is 67.4 Å². The summed E-state index contributed by atoms with van der Waals surface area (Å²) >= 11 is 0. The second-order valence-corrected chi connectivity index (χ2v) is 23.9. The van der Waals surface area contributed by atoms with Crippen molar-refractivity contribution in [1.82, 2.24) is 5.32 Å². The van der Waals surface area contributed by atoms with Crippen molar-refractivity contribution in [2.24, 2.45) is 0 Å². The maximum Gasteiger partial charge on any atom is 0.306 e. The highest BCUT2D eigenvalue weighted by Gasteiger charge is 2.47. The van der Waals surface area contributed by atoms with Gasteiger partial charge >= 0.3 is 5.97 Å². The van der Waals surface area contributed by atoms with Gasteiger partial charge < -0.3 is 45.1 Å². The topological polar surface area (TPSA) is 175 Å². The Labute approximate surface area is 509 Å². The third kappa shape index (κ3) is 46.9. The summed E-state index contributed by atoms with van der Waals surface area (Å²) in [6.45, 7) is 5.75. The summed E-state index contributed by atoms with van der Waals surface area (Å²) in [4.78, 5) is 26.6. The molecule has 8 atom stereocenters. The Morgan fingerprint density at radius 1 is 0.470 bits per heavy atom. The molecule has 0 spiro atoms. The van der Waals surface area contributed by atoms with Crippen LogP contribution in [-0.2, 0) is 23.8 Å². The van der Waals surface area contributed by atoms with Crippen molar-refractivity contribution in [3.63, 3.8) is 0 Å². The molecule has 1 amide bonds. The fourth-order valence-electron chi connectivity index (χ4n) is 10.6. The molecule has 0 aromatic rings. The number of aliphatic hydroxyl groups excluding tert-OH is 5. The first-order valence-electron chi connectivity index (χ1n) is 34.7. The van der Waals surface area contributed by atoms with Crippen molar-refractivity contribution in [2.75, 3.05) is 13.2 Å². The van der Waals surface area contributed by atoms with Gasteiger partial charge in [-0.25, -0.2) is 0 Å². The molecule has 1 aliphatic heterocycles. The minimum atomic E-state index is -1.64. The predicted molar refractivity (Wildman–Crippen MR) is 347 cm³/mol. The molecule has 8 unspecified atom stereocenters. The third-order valence-electron chi connectivity index (χ3n) is 16.1. The largest absolute Gasteiger partial charge is 0.454 e. The minimum absolute atomic E-state index is 0.0467. The first kappa shape index (κ1) is 78.1. The van der Waals surface area contributed by atoms with Crippen molar-refractivity contribution >= 4 is 11.9 Å². The summed E-state index contributed by atoms with van der Waals surface area (Å²) in [6.07, 6.45) is 66.8. The number of hydrogen-bond donors (Lipinski definition) is 6. The lowest BCUT2D eigenvalue weighted by molar-refractivity contribution is -0.305. The van der Waals surface area contributed by atoms with E-state index in [9.17, 15) is 35.1 Å². The fraction of sp³-hybridized carbons (Fsp3) is 0.806. The molecule has 0 aromatic heterocycles. The van der Waals surface area contributed by atoms with E-state index in [1.807, 2.05) is 12.2 Å². The van der Waals surface area contributed by atoms with Gasteiger partial charge in [-0.2, -0.15) is 0 Å². The van der Waals surface area contributed by atoms with Crippen LogP contribution in [0.2, 0.25) is 0 Å². The lowest BCUT2D eigenvalue weighted by atomic mass is 9.99. The molecule has 0 saturated carbocycles. The van der Waals surface area contributed by atoms with E-state index in [1.54, 1.807) is 6.08 Å². The Bertz CT molecular complexity index is 1630. The van der Waals surface area contributed by atoms with Gasteiger partial charge in [-0.3, -0.25) is 9.59 Å². The van der Waals surface area contributed by atoms with Gasteiger partial charge in [0.05, 0.1) is 25.4 Å². The van der Waals surface area contributed by atoms with E-state index in [4.69, 9.17) is 14.2 Å². The molecule has 1 aliphatic rings. The molecule has 0 bridgehead atoms. The summed E-state index contributed by atoms with van der Waals surface area (Å²) in [5.74, 6) is -1.25. The predicted octanol–water partition coefficient (Wildman–Crippen LogP) is 17.5. The zero-order valence-corrected chi connectivity index (χ0v) is 53.6. The summed E-state index contributed by atoms with van der Waals surface area (Å²) < 4.78 is 17.6. The smallest absolute Gasteiger partial charge is 0.306 e. The maximum absolute atomic E-state index is 13.5. The number of ether oxygens (including phenoxy) is 3. The molecule has 0 aromatic carbocycles. The van der Waals surface area contributed by atoms with Crippen LogP contribution in [0.3, 0.4) is 0 Å². The Hall–Kier alpha value is -2.90. The molecule has 482 valence electrons. The summed E-state index contributed by atoms with van der Waals surface area (Å²) in [7, 11) is 0. The molecule has 1 heterocycles. The van der Waals surface area contributed by atoms with Gasteiger partial charge in [-0.1, -0.05) is 286 Å². The minimum Gasteiger partial charge on any atom is -0.454 e. The van der Waals surface area contributed by atoms with Crippen molar-refractivity contribution < 1.29 is 49.3 Å². The average molecular weight is 1170 g/mol. The third-order valence-corrected chi connectivity index (χ3v) is 16.1. The van der Waals surface area contributed by atoms with Crippen LogP contribution in [0.15, 0.2) is 72.9 Å². The van der Waals surface area contributed by atoms with Gasteiger partial charge in [0.15, 0.2) is 12.4 Å². The van der Waals surface area contributed by atoms with E-state index in [2.05, 4.69) is 80.8 Å². The monoisotopic (exact) mass is 1170 g/mol. The number of carbonyl (C=O) groups is 2. The fourth-order valence-corrected chi connectivity index (χ4v) is 10.6. The molecule has 0 aliphatic carbocycles. The van der Waals surface area contributed by atoms with Gasteiger partial charge in [0.2, 0.25) is 5.91 Å². The molecular formula is C72H129NO10. The molecule has 6 N–H and O–H groups in total. The van der Waals surface area contributed by atoms with E-state index in [-0.39, 0.29) is 19.4 Å². The van der Waals surface area contributed by atoms with Gasteiger partial charge in [0, 0.05) is 6.42 Å². The molecule has 11 heteroatoms. The van der Waals surface area contributed by atoms with Gasteiger partial charge in [-0.15, -0.1) is 0 Å². The normalized spacial score (nSPS) is 19.0. The SMILES string of the molecule is CCCCC/C=C\C/C=C\C/C=C\C/C=C\CCCC(=O)OC1C(OCC(NC(=O)C(O)CCCCCCCCCCCCCCCCCC/C=C/CCCCCCCC)C(O)/C=C/CCCCCCCCCCC)OC(CO)C(O)C1O. The second-order valence-electron chi connectivity index (χ2n) is 23.9. The maximum atomic E-state index is 13.5. The first-order valence-corrected chi connectivity index (χ1v) is 34.7. The van der Waals surface area contributed by atoms with Crippen LogP contribution in [0.5, 0.6) is 0 Å². The number of hydrogen-bond acceptors (Lipinski definition) is 10. The van der Waals surface area contributed by atoms with Crippen LogP contribution >= 0.6 is 0 Å². The zero-order chi connectivity index (χ0) is 60.3. The highest BCUT2D eigenvalue weighted by atomic mass is 16.7. The number of esters is 1. The Morgan fingerprint density at radius 2 is 0.831 bits per heavy atom. The first-order chi connectivity index (χ1) is 40.7. The van der Waals surface area contributed by atoms with Crippen molar-refractivity contribution in [3.8, 4) is 0 Å². The number of aliphatic hydroxyl groups is 5. The van der Waals surface area contributed by atoms with Crippen LogP contribution in [0.4, 0.5) is 0 Å². The van der Waals surface area contributed by atoms with Crippen molar-refractivity contribution in [2.45, 2.75) is 359 Å². The summed E-state index contributed by atoms with van der Waals surface area (Å²) in [6, 6.07) is -1.04. The van der Waals surface area contributed by atoms with E-state index in [0.717, 1.165) is 64.2 Å². The number of amides is 1. The molecule has 1 rings (SSSR count). The van der Waals surface area contributed by atoms with Crippen LogP contribution < -0.4 is 5.32 Å². The summed E-state index contributed by atoms with van der Waals surface area (Å²) in [5.41, 5.74) is 0. The van der Waals surface area contributed by atoms with Gasteiger partial charge in [0.25, 0.3) is 0 Å². The number of carbonyl (C=O) groups excluding carboxylic acids is 2. The highest BCUT2D eigenvalue weighted by molar-refractivity contribution is 5.80. The number of allylic oxidation sites excluding steroid dienone is 11. The van der Waals surface area contributed by atoms with Crippen molar-refractivity contribution in [3.05, 3.63) is 72.9 Å². The Kier molecular flexibility index (Phi) is 55.9. The lowest BCUT2D eigenvalue weighted by Gasteiger charge is -2.41. The van der Waals surface area contributed by atoms with Crippen LogP contribution in [-0.4, -0.2) is 99.6 Å². The van der Waals surface area contributed by atoms with E-state index in [1.165, 1.54) is 193 Å². The van der Waals surface area contributed by atoms with Crippen LogP contribution in [0.1, 0.15) is 310 Å². The van der Waals surface area contributed by atoms with Gasteiger partial charge in [0.1, 0.15) is 24.4 Å². The van der Waals surface area contributed by atoms with E-state index in [0.29, 0.717) is 19.3 Å². The lowest BCUT2D eigenvalue weighted by Crippen LogP contribution is -2.61. The quantitative estimate of drug-likeness (QED) is 0.0195. The number of unbranched alkanes of at least 4 members (excludes halogenated alkanes) is 35. The molecule has 1 saturated heterocycles. The number of rotatable bonds is 59. The average Bonchev–Trinajstić information content (AvgIpc) is 3.69. The second kappa shape index (κ2) is 59.4. The highest BCUT2D eigenvalue weighted by Crippen LogP contribution is 2.26. The molecule has 1 fully saturated rings. The number of nitrogens with one attached hydrogen (secondary N) is 1. The molecular weight excluding hydrogens is 1040 g/mol. The standard InChI is InChI=1S/C72H129NO10/c1-4-7-10-13-16-19-22-24-26-28-29-30-31-32-33-34-35-36-38-39-41-44-47-50-53-56-59-65(76)71(80)73-63(64(75)58-55-52-49-46-43-21-18-15-12-9-6-3)62-81-72-70(69(79)68(78)66(61-74)82-72)83-67(77)60-57-54-51-48-45-42-40-37-27-25-23-20-17-14-11-8-5-2/h17,20,24-27,40,42,48,51,55,58,63-66,68-70,72,74-76,78-79H,4-16,18-19,21-23,28-39,41,43-47,49-50,52-54,56-57,59-62H2,1-3H3,(H,73,80)/b20-17-,26-24+,27-25-,42-40-,51-48-,58-55+. The van der Waals surface area contributed by atoms with Gasteiger partial charge in [-0.05, 0) is 89.9 Å². The zero-order valence-electron chi connectivity index (χ0n) is 53.6. The molecule has 83 heavy (non-hydrogen) atoms. The molecule has 0 radical (unpaired) electrons.